The molecule has 3 rings (SSSR count). The van der Waals surface area contributed by atoms with E-state index in [1.165, 1.54) is 25.7 Å². The zero-order chi connectivity index (χ0) is 8.34. The molecule has 4 unspecified atom stereocenters. The Balaban J connectivity index is 2.01. The molecule has 3 aliphatic carbocycles. The lowest BCUT2D eigenvalue weighted by atomic mass is 9.70. The van der Waals surface area contributed by atoms with E-state index in [1.54, 1.807) is 5.57 Å². The van der Waals surface area contributed by atoms with E-state index in [0.29, 0.717) is 0 Å². The topological polar surface area (TPSA) is 26.0 Å². The summed E-state index contributed by atoms with van der Waals surface area (Å²) in [5.41, 5.74) is 8.32. The van der Waals surface area contributed by atoms with Crippen molar-refractivity contribution in [2.45, 2.75) is 38.1 Å². The summed E-state index contributed by atoms with van der Waals surface area (Å²) in [6.45, 7) is 2.32. The van der Waals surface area contributed by atoms with Gasteiger partial charge in [-0.05, 0) is 43.4 Å². The number of rotatable bonds is 0. The Morgan fingerprint density at radius 2 is 2.25 bits per heavy atom. The zero-order valence-electron chi connectivity index (χ0n) is 7.72. The maximum Gasteiger partial charge on any atom is 0.0168 e. The van der Waals surface area contributed by atoms with Crippen molar-refractivity contribution in [2.75, 3.05) is 0 Å². The van der Waals surface area contributed by atoms with Gasteiger partial charge in [-0.25, -0.2) is 0 Å². The molecule has 1 nitrogen and oxygen atoms in total. The van der Waals surface area contributed by atoms with Gasteiger partial charge in [-0.1, -0.05) is 18.6 Å². The largest absolute Gasteiger partial charge is 0.325 e. The highest BCUT2D eigenvalue weighted by Crippen LogP contribution is 2.57. The molecule has 0 spiro atoms. The van der Waals surface area contributed by atoms with E-state index in [2.05, 4.69) is 13.0 Å². The Bertz CT molecular complexity index is 256. The molecule has 3 aliphatic rings. The fraction of sp³-hybridized carbons (Fsp3) is 0.818. The summed E-state index contributed by atoms with van der Waals surface area (Å²) >= 11 is 0. The van der Waals surface area contributed by atoms with E-state index in [0.717, 1.165) is 17.8 Å². The number of hydrogen-bond donors (Lipinski definition) is 1. The fourth-order valence-corrected chi connectivity index (χ4v) is 3.72. The fourth-order valence-electron chi connectivity index (χ4n) is 3.72. The Morgan fingerprint density at radius 1 is 1.42 bits per heavy atom. The number of hydrogen-bond acceptors (Lipinski definition) is 1. The van der Waals surface area contributed by atoms with E-state index in [1.807, 2.05) is 0 Å². The van der Waals surface area contributed by atoms with E-state index in [-0.39, 0.29) is 5.54 Å². The summed E-state index contributed by atoms with van der Waals surface area (Å²) in [5, 5.41) is 0. The van der Waals surface area contributed by atoms with Crippen molar-refractivity contribution in [1.82, 2.24) is 0 Å². The summed E-state index contributed by atoms with van der Waals surface area (Å²) in [6, 6.07) is 0. The van der Waals surface area contributed by atoms with E-state index in [4.69, 9.17) is 5.73 Å². The van der Waals surface area contributed by atoms with Gasteiger partial charge in [0, 0.05) is 5.54 Å². The highest BCUT2D eigenvalue weighted by atomic mass is 14.8. The third-order valence-electron chi connectivity index (χ3n) is 4.07. The van der Waals surface area contributed by atoms with E-state index in [9.17, 15) is 0 Å². The quantitative estimate of drug-likeness (QED) is 0.544. The molecule has 66 valence electrons. The number of nitrogens with two attached hydrogens (primary N) is 1. The van der Waals surface area contributed by atoms with Crippen LogP contribution in [0.5, 0.6) is 0 Å². The molecule has 0 aromatic heterocycles. The third-order valence-corrected chi connectivity index (χ3v) is 4.07. The lowest BCUT2D eigenvalue weighted by Crippen LogP contribution is -2.38. The summed E-state index contributed by atoms with van der Waals surface area (Å²) in [4.78, 5) is 0. The Labute approximate surface area is 74.0 Å². The molecule has 4 atom stereocenters. The monoisotopic (exact) mass is 163 g/mol. The minimum atomic E-state index is 0.212. The van der Waals surface area contributed by atoms with Crippen molar-refractivity contribution in [1.29, 1.82) is 0 Å². The highest BCUT2D eigenvalue weighted by molar-refractivity contribution is 5.28. The molecule has 2 bridgehead atoms. The SMILES string of the molecule is CC1C=C2CC3CC(N)(C1)CC23. The first-order valence-electron chi connectivity index (χ1n) is 5.16. The summed E-state index contributed by atoms with van der Waals surface area (Å²) in [5.74, 6) is 2.60. The minimum Gasteiger partial charge on any atom is -0.325 e. The maximum atomic E-state index is 6.37. The third kappa shape index (κ3) is 0.779. The molecule has 0 aliphatic heterocycles. The lowest BCUT2D eigenvalue weighted by Gasteiger charge is -2.35. The van der Waals surface area contributed by atoms with Gasteiger partial charge in [-0.2, -0.15) is 0 Å². The first kappa shape index (κ1) is 7.14. The first-order chi connectivity index (χ1) is 5.66. The van der Waals surface area contributed by atoms with Crippen LogP contribution < -0.4 is 5.73 Å². The summed E-state index contributed by atoms with van der Waals surface area (Å²) < 4.78 is 0. The van der Waals surface area contributed by atoms with Crippen LogP contribution in [0.15, 0.2) is 11.6 Å². The van der Waals surface area contributed by atoms with Crippen LogP contribution >= 0.6 is 0 Å². The number of fused-ring (bicyclic) bond motifs is 1. The first-order valence-corrected chi connectivity index (χ1v) is 5.16. The van der Waals surface area contributed by atoms with Crippen molar-refractivity contribution >= 4 is 0 Å². The number of allylic oxidation sites excluding steroid dienone is 2. The molecule has 0 aromatic rings. The molecule has 2 saturated carbocycles. The Morgan fingerprint density at radius 3 is 3.08 bits per heavy atom. The van der Waals surface area contributed by atoms with Crippen LogP contribution in [0.2, 0.25) is 0 Å². The lowest BCUT2D eigenvalue weighted by molar-refractivity contribution is 0.307. The predicted molar refractivity (Wildman–Crippen MR) is 49.6 cm³/mol. The van der Waals surface area contributed by atoms with Gasteiger partial charge in [0.25, 0.3) is 0 Å². The van der Waals surface area contributed by atoms with E-state index < -0.39 is 0 Å². The molecule has 2 N–H and O–H groups in total. The normalized spacial score (nSPS) is 55.8. The van der Waals surface area contributed by atoms with Crippen LogP contribution in [0.1, 0.15) is 32.6 Å². The molecule has 0 aromatic carbocycles. The molecule has 1 heteroatoms. The molecule has 0 saturated heterocycles. The van der Waals surface area contributed by atoms with Crippen LogP contribution in [0.3, 0.4) is 0 Å². The van der Waals surface area contributed by atoms with Crippen molar-refractivity contribution in [3.05, 3.63) is 11.6 Å². The zero-order valence-corrected chi connectivity index (χ0v) is 7.72. The van der Waals surface area contributed by atoms with Crippen molar-refractivity contribution in [2.24, 2.45) is 23.5 Å². The Kier molecular flexibility index (Phi) is 1.16. The average molecular weight is 163 g/mol. The van der Waals surface area contributed by atoms with Crippen LogP contribution in [0, 0.1) is 17.8 Å². The van der Waals surface area contributed by atoms with Crippen LogP contribution in [-0.2, 0) is 0 Å². The standard InChI is InChI=1S/C11H17N/c1-7-2-8-3-9-5-11(12,4-7)6-10(8)9/h2,7,9-10H,3-6,12H2,1H3. The van der Waals surface area contributed by atoms with Gasteiger partial charge in [0.2, 0.25) is 0 Å². The van der Waals surface area contributed by atoms with Gasteiger partial charge in [0.1, 0.15) is 0 Å². The van der Waals surface area contributed by atoms with Gasteiger partial charge < -0.3 is 5.73 Å². The van der Waals surface area contributed by atoms with Gasteiger partial charge in [0.15, 0.2) is 0 Å². The van der Waals surface area contributed by atoms with Gasteiger partial charge in [0.05, 0.1) is 0 Å². The summed E-state index contributed by atoms with van der Waals surface area (Å²) in [6.07, 6.45) is 7.68. The van der Waals surface area contributed by atoms with Crippen LogP contribution in [-0.4, -0.2) is 5.54 Å². The second kappa shape index (κ2) is 1.95. The Hall–Kier alpha value is -0.300. The molecule has 0 heterocycles. The van der Waals surface area contributed by atoms with Crippen molar-refractivity contribution in [3.8, 4) is 0 Å². The molecule has 0 amide bonds. The van der Waals surface area contributed by atoms with Crippen molar-refractivity contribution < 1.29 is 0 Å². The van der Waals surface area contributed by atoms with Crippen molar-refractivity contribution in [3.63, 3.8) is 0 Å². The van der Waals surface area contributed by atoms with Crippen LogP contribution in [0.25, 0.3) is 0 Å². The van der Waals surface area contributed by atoms with Gasteiger partial charge in [-0.15, -0.1) is 0 Å². The van der Waals surface area contributed by atoms with Gasteiger partial charge >= 0.3 is 0 Å². The summed E-state index contributed by atoms with van der Waals surface area (Å²) in [7, 11) is 0. The second-order valence-electron chi connectivity index (χ2n) is 5.26. The highest BCUT2D eigenvalue weighted by Gasteiger charge is 2.51. The smallest absolute Gasteiger partial charge is 0.0168 e. The molecular weight excluding hydrogens is 146 g/mol. The average Bonchev–Trinajstić information content (AvgIpc) is 2.13. The molecule has 12 heavy (non-hydrogen) atoms. The van der Waals surface area contributed by atoms with Crippen LogP contribution in [0.4, 0.5) is 0 Å². The molecule has 0 radical (unpaired) electrons. The predicted octanol–water partition coefficient (Wildman–Crippen LogP) is 2.08. The minimum absolute atomic E-state index is 0.212. The maximum absolute atomic E-state index is 6.37. The van der Waals surface area contributed by atoms with Gasteiger partial charge in [-0.3, -0.25) is 0 Å². The molecular formula is C11H17N. The molecule has 2 fully saturated rings. The van der Waals surface area contributed by atoms with E-state index >= 15 is 0 Å². The second-order valence-corrected chi connectivity index (χ2v) is 5.26.